The van der Waals surface area contributed by atoms with Crippen molar-refractivity contribution < 1.29 is 31.7 Å². The van der Waals surface area contributed by atoms with Gasteiger partial charge in [0.15, 0.2) is 12.0 Å². The first kappa shape index (κ1) is 15.2. The van der Waals surface area contributed by atoms with Gasteiger partial charge in [-0.2, -0.15) is 8.78 Å². The van der Waals surface area contributed by atoms with Crippen LogP contribution in [0, 0.1) is 10.1 Å². The van der Waals surface area contributed by atoms with Gasteiger partial charge in [0.05, 0.1) is 11.0 Å². The molecule has 0 spiro atoms. The third-order valence-corrected chi connectivity index (χ3v) is 3.25. The molecule has 19 heavy (non-hydrogen) atoms. The number of aldehydes is 1. The van der Waals surface area contributed by atoms with Crippen LogP contribution in [0.25, 0.3) is 0 Å². The van der Waals surface area contributed by atoms with Crippen LogP contribution in [0.1, 0.15) is 10.4 Å². The summed E-state index contributed by atoms with van der Waals surface area (Å²) >= 11 is 0. The molecule has 0 aliphatic carbocycles. The minimum atomic E-state index is -4.60. The first-order valence-electron chi connectivity index (χ1n) is 4.34. The number of nitrogens with zero attached hydrogens (tertiary/aromatic N) is 1. The van der Waals surface area contributed by atoms with E-state index < -0.39 is 42.5 Å². The topological polar surface area (TPSA) is 104 Å². The zero-order valence-electron chi connectivity index (χ0n) is 8.75. The average molecular weight is 316 g/mol. The van der Waals surface area contributed by atoms with Crippen molar-refractivity contribution >= 4 is 31.7 Å². The first-order valence-corrected chi connectivity index (χ1v) is 6.65. The number of hydrogen-bond acceptors (Lipinski definition) is 6. The van der Waals surface area contributed by atoms with Crippen molar-refractivity contribution in [2.45, 2.75) is 11.5 Å². The maximum atomic E-state index is 12.1. The molecule has 11 heteroatoms. The van der Waals surface area contributed by atoms with Gasteiger partial charge in [0.2, 0.25) is 0 Å². The van der Waals surface area contributed by atoms with Crippen LogP contribution in [-0.4, -0.2) is 26.2 Å². The fourth-order valence-electron chi connectivity index (χ4n) is 1.25. The van der Waals surface area contributed by atoms with Crippen molar-refractivity contribution in [3.63, 3.8) is 0 Å². The van der Waals surface area contributed by atoms with Gasteiger partial charge in [-0.3, -0.25) is 14.9 Å². The molecule has 0 fully saturated rings. The molecule has 0 atom stereocenters. The summed E-state index contributed by atoms with van der Waals surface area (Å²) in [6.07, 6.45) is -0.0689. The van der Waals surface area contributed by atoms with Crippen LogP contribution in [0.4, 0.5) is 14.5 Å². The van der Waals surface area contributed by atoms with Crippen molar-refractivity contribution in [1.82, 2.24) is 0 Å². The monoisotopic (exact) mass is 315 g/mol. The molecule has 0 aromatic heterocycles. The minimum Gasteiger partial charge on any atom is -0.433 e. The zero-order valence-corrected chi connectivity index (χ0v) is 10.3. The largest absolute Gasteiger partial charge is 0.433 e. The zero-order chi connectivity index (χ0) is 14.8. The summed E-state index contributed by atoms with van der Waals surface area (Å²) in [6.45, 7) is -3.45. The summed E-state index contributed by atoms with van der Waals surface area (Å²) in [7, 11) is 0.377. The second kappa shape index (κ2) is 5.45. The van der Waals surface area contributed by atoms with Crippen LogP contribution < -0.4 is 4.74 Å². The third-order valence-electron chi connectivity index (χ3n) is 1.87. The van der Waals surface area contributed by atoms with Gasteiger partial charge in [-0.15, -0.1) is 0 Å². The predicted molar refractivity (Wildman–Crippen MR) is 58.2 cm³/mol. The Morgan fingerprint density at radius 3 is 2.37 bits per heavy atom. The van der Waals surface area contributed by atoms with E-state index in [2.05, 4.69) is 4.74 Å². The fourth-order valence-corrected chi connectivity index (χ4v) is 2.48. The summed E-state index contributed by atoms with van der Waals surface area (Å²) in [5.74, 6) is -1.07. The van der Waals surface area contributed by atoms with Crippen LogP contribution in [0.5, 0.6) is 5.75 Å². The van der Waals surface area contributed by atoms with Crippen molar-refractivity contribution in [1.29, 1.82) is 0 Å². The van der Waals surface area contributed by atoms with E-state index in [1.807, 2.05) is 0 Å². The van der Waals surface area contributed by atoms with Crippen LogP contribution in [0.15, 0.2) is 17.0 Å². The van der Waals surface area contributed by atoms with Crippen molar-refractivity contribution in [3.8, 4) is 5.75 Å². The lowest BCUT2D eigenvalue weighted by Gasteiger charge is -2.10. The Balaban J connectivity index is 3.67. The van der Waals surface area contributed by atoms with Gasteiger partial charge in [-0.1, -0.05) is 0 Å². The number of rotatable bonds is 5. The molecule has 1 rings (SSSR count). The van der Waals surface area contributed by atoms with Crippen LogP contribution in [-0.2, 0) is 9.05 Å². The first-order chi connectivity index (χ1) is 8.66. The standard InChI is InChI=1S/C8H4ClF2NO6S/c9-19(16,17)7-4(3-13)1-5(12(14)15)2-6(7)18-8(10)11/h1-3,8H. The summed E-state index contributed by atoms with van der Waals surface area (Å²) in [5, 5.41) is 10.5. The van der Waals surface area contributed by atoms with E-state index in [4.69, 9.17) is 10.7 Å². The molecule has 1 aromatic rings. The highest BCUT2D eigenvalue weighted by molar-refractivity contribution is 8.13. The number of nitro benzene ring substituents is 1. The number of carbonyl (C=O) groups excluding carboxylic acids is 1. The summed E-state index contributed by atoms with van der Waals surface area (Å²) in [4.78, 5) is 19.2. The van der Waals surface area contributed by atoms with E-state index >= 15 is 0 Å². The lowest BCUT2D eigenvalue weighted by molar-refractivity contribution is -0.385. The predicted octanol–water partition coefficient (Wildman–Crippen LogP) is 1.94. The van der Waals surface area contributed by atoms with E-state index in [1.54, 1.807) is 0 Å². The summed E-state index contributed by atoms with van der Waals surface area (Å²) in [5.41, 5.74) is -1.54. The molecule has 104 valence electrons. The molecule has 0 aliphatic heterocycles. The minimum absolute atomic E-state index is 0.0689. The molecule has 7 nitrogen and oxygen atoms in total. The second-order valence-corrected chi connectivity index (χ2v) is 5.56. The Bertz CT molecular complexity index is 632. The van der Waals surface area contributed by atoms with Gasteiger partial charge in [-0.05, 0) is 0 Å². The Morgan fingerprint density at radius 1 is 1.42 bits per heavy atom. The van der Waals surface area contributed by atoms with E-state index in [1.165, 1.54) is 0 Å². The molecule has 0 aliphatic rings. The molecule has 0 radical (unpaired) electrons. The number of ether oxygens (including phenoxy) is 1. The maximum absolute atomic E-state index is 12.1. The highest BCUT2D eigenvalue weighted by Crippen LogP contribution is 2.34. The molecule has 1 aromatic carbocycles. The molecular formula is C8H4ClF2NO6S. The Morgan fingerprint density at radius 2 is 2.00 bits per heavy atom. The highest BCUT2D eigenvalue weighted by Gasteiger charge is 2.27. The van der Waals surface area contributed by atoms with Gasteiger partial charge in [-0.25, -0.2) is 8.42 Å². The molecular weight excluding hydrogens is 312 g/mol. The Kier molecular flexibility index (Phi) is 4.37. The molecule has 0 N–H and O–H groups in total. The van der Waals surface area contributed by atoms with Crippen molar-refractivity contribution in [2.75, 3.05) is 0 Å². The Labute approximate surface area is 109 Å². The van der Waals surface area contributed by atoms with Gasteiger partial charge < -0.3 is 4.74 Å². The molecule has 0 unspecified atom stereocenters. The molecule has 0 amide bonds. The maximum Gasteiger partial charge on any atom is 0.387 e. The SMILES string of the molecule is O=Cc1cc([N+](=O)[O-])cc(OC(F)F)c1S(=O)(=O)Cl. The number of halogens is 3. The summed E-state index contributed by atoms with van der Waals surface area (Å²) < 4.78 is 50.5. The van der Waals surface area contributed by atoms with E-state index in [0.717, 1.165) is 0 Å². The number of alkyl halides is 2. The number of nitro groups is 1. The second-order valence-electron chi connectivity index (χ2n) is 3.05. The van der Waals surface area contributed by atoms with Crippen LogP contribution in [0.2, 0.25) is 0 Å². The van der Waals surface area contributed by atoms with Crippen LogP contribution in [0.3, 0.4) is 0 Å². The smallest absolute Gasteiger partial charge is 0.387 e. The molecule has 0 bridgehead atoms. The number of benzene rings is 1. The normalized spacial score (nSPS) is 11.4. The number of hydrogen-bond donors (Lipinski definition) is 0. The van der Waals surface area contributed by atoms with Crippen molar-refractivity contribution in [2.24, 2.45) is 0 Å². The van der Waals surface area contributed by atoms with Gasteiger partial charge in [0.25, 0.3) is 14.7 Å². The third kappa shape index (κ3) is 3.58. The number of carbonyl (C=O) groups is 1. The Hall–Kier alpha value is -1.81. The lowest BCUT2D eigenvalue weighted by atomic mass is 10.2. The van der Waals surface area contributed by atoms with Gasteiger partial charge >= 0.3 is 6.61 Å². The quantitative estimate of drug-likeness (QED) is 0.356. The van der Waals surface area contributed by atoms with Crippen molar-refractivity contribution in [3.05, 3.63) is 27.8 Å². The lowest BCUT2D eigenvalue weighted by Crippen LogP contribution is -2.09. The fraction of sp³-hybridized carbons (Fsp3) is 0.125. The molecule has 0 heterocycles. The van der Waals surface area contributed by atoms with E-state index in [0.29, 0.717) is 12.1 Å². The van der Waals surface area contributed by atoms with Gasteiger partial charge in [0.1, 0.15) is 4.90 Å². The van der Waals surface area contributed by atoms with Gasteiger partial charge in [0, 0.05) is 22.3 Å². The average Bonchev–Trinajstić information content (AvgIpc) is 2.25. The van der Waals surface area contributed by atoms with Crippen LogP contribution >= 0.6 is 10.7 Å². The molecule has 0 saturated carbocycles. The van der Waals surface area contributed by atoms with E-state index in [9.17, 15) is 32.1 Å². The molecule has 0 saturated heterocycles. The number of non-ortho nitro benzene ring substituents is 1. The summed E-state index contributed by atoms with van der Waals surface area (Å²) in [6, 6.07) is 1.02. The highest BCUT2D eigenvalue weighted by atomic mass is 35.7. The van der Waals surface area contributed by atoms with E-state index in [-0.39, 0.29) is 6.29 Å².